The number of rotatable bonds is 5. The molecule has 0 aliphatic heterocycles. The minimum absolute atomic E-state index is 0.0500. The highest BCUT2D eigenvalue weighted by Crippen LogP contribution is 2.05. The van der Waals surface area contributed by atoms with Crippen LogP contribution in [0.5, 0.6) is 0 Å². The fourth-order valence-electron chi connectivity index (χ4n) is 1.01. The fraction of sp³-hybridized carbons (Fsp3) is 0.875. The lowest BCUT2D eigenvalue weighted by atomic mass is 10.3. The van der Waals surface area contributed by atoms with Gasteiger partial charge in [0, 0.05) is 6.54 Å². The standard InChI is InChI=1S/C8H16N2O2S/c1-4-10(6-5-9)13(11,12)7-8(2)3/h8H,4,6-7H2,1-3H3. The molecule has 0 fully saturated rings. The summed E-state index contributed by atoms with van der Waals surface area (Å²) < 4.78 is 24.3. The molecular formula is C8H16N2O2S. The van der Waals surface area contributed by atoms with Gasteiger partial charge in [-0.15, -0.1) is 0 Å². The van der Waals surface area contributed by atoms with Crippen LogP contribution in [-0.4, -0.2) is 31.6 Å². The van der Waals surface area contributed by atoms with Crippen molar-refractivity contribution in [3.05, 3.63) is 0 Å². The van der Waals surface area contributed by atoms with Gasteiger partial charge in [-0.25, -0.2) is 8.42 Å². The van der Waals surface area contributed by atoms with Gasteiger partial charge in [0.1, 0.15) is 6.54 Å². The molecule has 4 nitrogen and oxygen atoms in total. The first-order valence-electron chi connectivity index (χ1n) is 4.28. The van der Waals surface area contributed by atoms with Crippen LogP contribution >= 0.6 is 0 Å². The molecule has 0 rings (SSSR count). The molecule has 0 bridgehead atoms. The fourth-order valence-corrected chi connectivity index (χ4v) is 2.71. The summed E-state index contributed by atoms with van der Waals surface area (Å²) >= 11 is 0. The maximum absolute atomic E-state index is 11.5. The van der Waals surface area contributed by atoms with E-state index in [1.54, 1.807) is 6.92 Å². The molecule has 0 heterocycles. The maximum Gasteiger partial charge on any atom is 0.215 e. The van der Waals surface area contributed by atoms with E-state index in [0.29, 0.717) is 6.54 Å². The van der Waals surface area contributed by atoms with Crippen molar-refractivity contribution in [1.82, 2.24) is 4.31 Å². The molecule has 0 saturated heterocycles. The first-order valence-corrected chi connectivity index (χ1v) is 5.89. The SMILES string of the molecule is CCN(CC#N)S(=O)(=O)CC(C)C. The van der Waals surface area contributed by atoms with Gasteiger partial charge in [0.05, 0.1) is 11.8 Å². The van der Waals surface area contributed by atoms with E-state index >= 15 is 0 Å². The van der Waals surface area contributed by atoms with E-state index in [0.717, 1.165) is 0 Å². The molecule has 0 aliphatic carbocycles. The van der Waals surface area contributed by atoms with Crippen LogP contribution in [0.15, 0.2) is 0 Å². The van der Waals surface area contributed by atoms with Crippen LogP contribution in [0.25, 0.3) is 0 Å². The van der Waals surface area contributed by atoms with Crippen LogP contribution in [0.2, 0.25) is 0 Å². The summed E-state index contributed by atoms with van der Waals surface area (Å²) in [6.45, 7) is 5.74. The second-order valence-electron chi connectivity index (χ2n) is 3.26. The van der Waals surface area contributed by atoms with E-state index in [-0.39, 0.29) is 18.2 Å². The Hall–Kier alpha value is -0.600. The Morgan fingerprint density at radius 2 is 2.00 bits per heavy atom. The highest BCUT2D eigenvalue weighted by Gasteiger charge is 2.20. The van der Waals surface area contributed by atoms with Gasteiger partial charge in [0.25, 0.3) is 0 Å². The van der Waals surface area contributed by atoms with Crippen LogP contribution < -0.4 is 0 Å². The van der Waals surface area contributed by atoms with Gasteiger partial charge in [-0.1, -0.05) is 20.8 Å². The van der Waals surface area contributed by atoms with E-state index in [2.05, 4.69) is 0 Å². The molecule has 0 aromatic carbocycles. The third-order valence-corrected chi connectivity index (χ3v) is 3.80. The van der Waals surface area contributed by atoms with E-state index < -0.39 is 10.0 Å². The molecule has 0 radical (unpaired) electrons. The lowest BCUT2D eigenvalue weighted by Crippen LogP contribution is -2.34. The number of sulfonamides is 1. The number of hydrogen-bond donors (Lipinski definition) is 0. The van der Waals surface area contributed by atoms with Crippen molar-refractivity contribution in [3.8, 4) is 6.07 Å². The minimum Gasteiger partial charge on any atom is -0.212 e. The van der Waals surface area contributed by atoms with Crippen LogP contribution in [0.4, 0.5) is 0 Å². The van der Waals surface area contributed by atoms with Crippen LogP contribution in [0, 0.1) is 17.2 Å². The second-order valence-corrected chi connectivity index (χ2v) is 5.27. The van der Waals surface area contributed by atoms with Crippen molar-refractivity contribution in [1.29, 1.82) is 5.26 Å². The molecule has 0 spiro atoms. The molecule has 0 unspecified atom stereocenters. The lowest BCUT2D eigenvalue weighted by molar-refractivity contribution is 0.456. The molecule has 13 heavy (non-hydrogen) atoms. The summed E-state index contributed by atoms with van der Waals surface area (Å²) in [5, 5.41) is 8.41. The summed E-state index contributed by atoms with van der Waals surface area (Å²) in [4.78, 5) is 0. The highest BCUT2D eigenvalue weighted by molar-refractivity contribution is 7.89. The third-order valence-electron chi connectivity index (χ3n) is 1.54. The number of nitriles is 1. The Kier molecular flexibility index (Phi) is 4.96. The largest absolute Gasteiger partial charge is 0.215 e. The van der Waals surface area contributed by atoms with Crippen LogP contribution in [-0.2, 0) is 10.0 Å². The summed E-state index contributed by atoms with van der Waals surface area (Å²) in [6, 6.07) is 1.84. The highest BCUT2D eigenvalue weighted by atomic mass is 32.2. The van der Waals surface area contributed by atoms with Crippen molar-refractivity contribution in [3.63, 3.8) is 0 Å². The average Bonchev–Trinajstić information content (AvgIpc) is 1.97. The minimum atomic E-state index is -3.22. The summed E-state index contributed by atoms with van der Waals surface area (Å²) in [7, 11) is -3.22. The molecule has 0 aliphatic rings. The van der Waals surface area contributed by atoms with Crippen LogP contribution in [0.3, 0.4) is 0 Å². The summed E-state index contributed by atoms with van der Waals surface area (Å²) in [6.07, 6.45) is 0. The molecule has 0 amide bonds. The number of nitrogens with zero attached hydrogens (tertiary/aromatic N) is 2. The normalized spacial score (nSPS) is 12.0. The van der Waals surface area contributed by atoms with E-state index in [9.17, 15) is 8.42 Å². The summed E-state index contributed by atoms with van der Waals surface area (Å²) in [5.41, 5.74) is 0. The number of hydrogen-bond acceptors (Lipinski definition) is 3. The van der Waals surface area contributed by atoms with Gasteiger partial charge in [-0.2, -0.15) is 9.57 Å². The predicted octanol–water partition coefficient (Wildman–Crippen LogP) is 0.818. The van der Waals surface area contributed by atoms with Crippen molar-refractivity contribution < 1.29 is 8.42 Å². The molecule has 0 N–H and O–H groups in total. The van der Waals surface area contributed by atoms with Crippen molar-refractivity contribution in [2.75, 3.05) is 18.8 Å². The Morgan fingerprint density at radius 1 is 1.46 bits per heavy atom. The lowest BCUT2D eigenvalue weighted by Gasteiger charge is -2.18. The predicted molar refractivity (Wildman–Crippen MR) is 51.5 cm³/mol. The van der Waals surface area contributed by atoms with E-state index in [4.69, 9.17) is 5.26 Å². The van der Waals surface area contributed by atoms with Gasteiger partial charge < -0.3 is 0 Å². The Morgan fingerprint density at radius 3 is 2.31 bits per heavy atom. The zero-order valence-electron chi connectivity index (χ0n) is 8.32. The Balaban J connectivity index is 4.51. The van der Waals surface area contributed by atoms with E-state index in [1.165, 1.54) is 4.31 Å². The molecule has 5 heteroatoms. The monoisotopic (exact) mass is 204 g/mol. The zero-order valence-corrected chi connectivity index (χ0v) is 9.13. The molecule has 0 saturated carbocycles. The van der Waals surface area contributed by atoms with Crippen molar-refractivity contribution in [2.24, 2.45) is 5.92 Å². The average molecular weight is 204 g/mol. The molecule has 0 aromatic heterocycles. The van der Waals surface area contributed by atoms with Gasteiger partial charge >= 0.3 is 0 Å². The topological polar surface area (TPSA) is 61.2 Å². The van der Waals surface area contributed by atoms with Gasteiger partial charge in [0.2, 0.25) is 10.0 Å². The molecule has 76 valence electrons. The van der Waals surface area contributed by atoms with Gasteiger partial charge in [0.15, 0.2) is 0 Å². The molecular weight excluding hydrogens is 188 g/mol. The first kappa shape index (κ1) is 12.4. The van der Waals surface area contributed by atoms with Crippen molar-refractivity contribution in [2.45, 2.75) is 20.8 Å². The van der Waals surface area contributed by atoms with Gasteiger partial charge in [-0.05, 0) is 5.92 Å². The second kappa shape index (κ2) is 5.20. The summed E-state index contributed by atoms with van der Waals surface area (Å²) in [5.74, 6) is 0.209. The van der Waals surface area contributed by atoms with Crippen LogP contribution in [0.1, 0.15) is 20.8 Å². The van der Waals surface area contributed by atoms with Crippen molar-refractivity contribution >= 4 is 10.0 Å². The van der Waals surface area contributed by atoms with E-state index in [1.807, 2.05) is 19.9 Å². The Labute approximate surface area is 80.2 Å². The maximum atomic E-state index is 11.5. The molecule has 0 aromatic rings. The molecule has 0 atom stereocenters. The Bertz CT molecular complexity index is 277. The zero-order chi connectivity index (χ0) is 10.5. The third kappa shape index (κ3) is 4.25. The smallest absolute Gasteiger partial charge is 0.212 e. The quantitative estimate of drug-likeness (QED) is 0.623. The first-order chi connectivity index (χ1) is 5.94. The van der Waals surface area contributed by atoms with Gasteiger partial charge in [-0.3, -0.25) is 0 Å².